The zero-order valence-electron chi connectivity index (χ0n) is 15.3. The number of hydrogen-bond donors (Lipinski definition) is 0. The first-order chi connectivity index (χ1) is 12.5. The Morgan fingerprint density at radius 1 is 0.846 bits per heavy atom. The molecule has 0 saturated carbocycles. The van der Waals surface area contributed by atoms with Crippen LogP contribution in [0.15, 0.2) is 84.5 Å². The van der Waals surface area contributed by atoms with Gasteiger partial charge in [-0.25, -0.2) is 0 Å². The number of carbonyl (C=O) groups excluding carboxylic acids is 1. The molecule has 0 unspecified atom stereocenters. The maximum absolute atomic E-state index is 12.4. The van der Waals surface area contributed by atoms with Crippen LogP contribution in [0.1, 0.15) is 13.8 Å². The Morgan fingerprint density at radius 2 is 1.35 bits per heavy atom. The lowest BCUT2D eigenvalue weighted by molar-refractivity contribution is -0.120. The number of nitrogens with zero attached hydrogens (tertiary/aromatic N) is 2. The minimum Gasteiger partial charge on any atom is -0.294 e. The van der Waals surface area contributed by atoms with Gasteiger partial charge in [0.05, 0.1) is 11.4 Å². The Morgan fingerprint density at radius 3 is 1.81 bits per heavy atom. The quantitative estimate of drug-likeness (QED) is 0.811. The highest BCUT2D eigenvalue weighted by molar-refractivity contribution is 5.98. The van der Waals surface area contributed by atoms with Gasteiger partial charge in [-0.15, -0.1) is 0 Å². The Labute approximate surface area is 155 Å². The lowest BCUT2D eigenvalue weighted by atomic mass is 9.80. The van der Waals surface area contributed by atoms with Gasteiger partial charge in [-0.1, -0.05) is 48.6 Å². The second kappa shape index (κ2) is 6.49. The van der Waals surface area contributed by atoms with Gasteiger partial charge in [0.25, 0.3) is 0 Å². The van der Waals surface area contributed by atoms with Gasteiger partial charge in [0.2, 0.25) is 0 Å². The average molecular weight is 344 g/mol. The van der Waals surface area contributed by atoms with E-state index in [1.165, 1.54) is 11.4 Å². The molecular weight excluding hydrogens is 320 g/mol. The van der Waals surface area contributed by atoms with E-state index >= 15 is 0 Å². The van der Waals surface area contributed by atoms with Gasteiger partial charge in [-0.05, 0) is 49.8 Å². The molecule has 0 amide bonds. The summed E-state index contributed by atoms with van der Waals surface area (Å²) >= 11 is 0. The molecule has 1 aliphatic heterocycles. The summed E-state index contributed by atoms with van der Waals surface area (Å²) < 4.78 is 0. The number of hydrogen-bond acceptors (Lipinski definition) is 3. The SMILES string of the molecule is CC1(C)C=CC(C2CN(c3ccccc3)N(c3ccccc3)C2)=CC1=O. The number of allylic oxidation sites excluding steroid dienone is 3. The summed E-state index contributed by atoms with van der Waals surface area (Å²) in [5.74, 6) is 0.492. The smallest absolute Gasteiger partial charge is 0.165 e. The molecule has 0 atom stereocenters. The first-order valence-electron chi connectivity index (χ1n) is 9.15. The molecule has 1 heterocycles. The molecular formula is C23H24N2O. The highest BCUT2D eigenvalue weighted by Crippen LogP contribution is 2.35. The number of para-hydroxylation sites is 2. The molecule has 2 aromatic rings. The highest BCUT2D eigenvalue weighted by Gasteiger charge is 2.35. The summed E-state index contributed by atoms with van der Waals surface area (Å²) in [5, 5.41) is 4.64. The first-order valence-corrected chi connectivity index (χ1v) is 9.15. The Kier molecular flexibility index (Phi) is 4.15. The van der Waals surface area contributed by atoms with E-state index in [-0.39, 0.29) is 11.2 Å². The van der Waals surface area contributed by atoms with Gasteiger partial charge in [-0.3, -0.25) is 14.8 Å². The third kappa shape index (κ3) is 3.05. The minimum atomic E-state index is -0.389. The summed E-state index contributed by atoms with van der Waals surface area (Å²) in [4.78, 5) is 12.4. The lowest BCUT2D eigenvalue weighted by Gasteiger charge is -2.31. The fourth-order valence-electron chi connectivity index (χ4n) is 3.60. The zero-order valence-corrected chi connectivity index (χ0v) is 15.3. The second-order valence-corrected chi connectivity index (χ2v) is 7.60. The van der Waals surface area contributed by atoms with Crippen LogP contribution >= 0.6 is 0 Å². The van der Waals surface area contributed by atoms with Crippen LogP contribution in [0.2, 0.25) is 0 Å². The van der Waals surface area contributed by atoms with Crippen LogP contribution in [0.5, 0.6) is 0 Å². The van der Waals surface area contributed by atoms with Crippen LogP contribution < -0.4 is 10.0 Å². The van der Waals surface area contributed by atoms with Crippen molar-refractivity contribution in [2.75, 3.05) is 23.1 Å². The minimum absolute atomic E-state index is 0.194. The first kappa shape index (κ1) is 16.6. The van der Waals surface area contributed by atoms with E-state index in [0.29, 0.717) is 5.92 Å². The van der Waals surface area contributed by atoms with Crippen LogP contribution in [0.4, 0.5) is 11.4 Å². The molecule has 0 radical (unpaired) electrons. The highest BCUT2D eigenvalue weighted by atomic mass is 16.1. The number of ketones is 1. The normalized spacial score (nSPS) is 19.8. The van der Waals surface area contributed by atoms with Gasteiger partial charge in [0, 0.05) is 24.4 Å². The Balaban J connectivity index is 1.66. The van der Waals surface area contributed by atoms with Gasteiger partial charge in [-0.2, -0.15) is 0 Å². The maximum atomic E-state index is 12.4. The van der Waals surface area contributed by atoms with Gasteiger partial charge < -0.3 is 0 Å². The molecule has 3 nitrogen and oxygen atoms in total. The summed E-state index contributed by atoms with van der Waals surface area (Å²) in [6, 6.07) is 20.9. The number of benzene rings is 2. The van der Waals surface area contributed by atoms with Crippen LogP contribution in [0.3, 0.4) is 0 Å². The van der Waals surface area contributed by atoms with E-state index in [1.54, 1.807) is 0 Å². The molecule has 2 aromatic carbocycles. The van der Waals surface area contributed by atoms with Gasteiger partial charge >= 0.3 is 0 Å². The van der Waals surface area contributed by atoms with Crippen LogP contribution in [0.25, 0.3) is 0 Å². The summed E-state index contributed by atoms with van der Waals surface area (Å²) in [7, 11) is 0. The number of anilines is 2. The number of carbonyl (C=O) groups is 1. The standard InChI is InChI=1S/C23H24N2O/c1-23(2)14-13-18(15-22(23)26)19-16-24(20-9-5-3-6-10-20)25(17-19)21-11-7-4-8-12-21/h3-15,19H,16-17H2,1-2H3. The van der Waals surface area contributed by atoms with Gasteiger partial charge in [0.15, 0.2) is 5.78 Å². The topological polar surface area (TPSA) is 23.6 Å². The third-order valence-electron chi connectivity index (χ3n) is 5.28. The molecule has 4 rings (SSSR count). The molecule has 0 aromatic heterocycles. The molecule has 1 aliphatic carbocycles. The third-order valence-corrected chi connectivity index (χ3v) is 5.28. The number of rotatable bonds is 3. The monoisotopic (exact) mass is 344 g/mol. The van der Waals surface area contributed by atoms with E-state index in [4.69, 9.17) is 0 Å². The maximum Gasteiger partial charge on any atom is 0.165 e. The van der Waals surface area contributed by atoms with Crippen molar-refractivity contribution in [1.82, 2.24) is 0 Å². The van der Waals surface area contributed by atoms with Crippen molar-refractivity contribution >= 4 is 17.2 Å². The molecule has 26 heavy (non-hydrogen) atoms. The zero-order chi connectivity index (χ0) is 18.1. The molecule has 1 fully saturated rings. The molecule has 3 heteroatoms. The average Bonchev–Trinajstić information content (AvgIpc) is 3.11. The van der Waals surface area contributed by atoms with Crippen molar-refractivity contribution in [2.45, 2.75) is 13.8 Å². The van der Waals surface area contributed by atoms with Crippen molar-refractivity contribution in [2.24, 2.45) is 11.3 Å². The molecule has 1 saturated heterocycles. The van der Waals surface area contributed by atoms with E-state index < -0.39 is 0 Å². The van der Waals surface area contributed by atoms with E-state index in [0.717, 1.165) is 18.7 Å². The van der Waals surface area contributed by atoms with Gasteiger partial charge in [0.1, 0.15) is 0 Å². The summed E-state index contributed by atoms with van der Waals surface area (Å²) in [5.41, 5.74) is 3.09. The number of hydrazine groups is 1. The fourth-order valence-corrected chi connectivity index (χ4v) is 3.60. The van der Waals surface area contributed by atoms with Crippen molar-refractivity contribution in [3.05, 3.63) is 84.5 Å². The largest absolute Gasteiger partial charge is 0.294 e. The fraction of sp³-hybridized carbons (Fsp3) is 0.261. The van der Waals surface area contributed by atoms with Crippen LogP contribution in [0, 0.1) is 11.3 Å². The summed E-state index contributed by atoms with van der Waals surface area (Å²) in [6.07, 6.45) is 6.04. The van der Waals surface area contributed by atoms with Crippen molar-refractivity contribution in [1.29, 1.82) is 0 Å². The molecule has 0 N–H and O–H groups in total. The Bertz CT molecular complexity index is 805. The van der Waals surface area contributed by atoms with E-state index in [1.807, 2.05) is 38.1 Å². The lowest BCUT2D eigenvalue weighted by Crippen LogP contribution is -2.36. The second-order valence-electron chi connectivity index (χ2n) is 7.60. The Hall–Kier alpha value is -2.81. The molecule has 132 valence electrons. The van der Waals surface area contributed by atoms with Crippen LogP contribution in [-0.4, -0.2) is 18.9 Å². The van der Waals surface area contributed by atoms with Crippen molar-refractivity contribution in [3.63, 3.8) is 0 Å². The molecule has 0 spiro atoms. The predicted molar refractivity (Wildman–Crippen MR) is 107 cm³/mol. The van der Waals surface area contributed by atoms with Crippen LogP contribution in [-0.2, 0) is 4.79 Å². The van der Waals surface area contributed by atoms with Crippen molar-refractivity contribution in [3.8, 4) is 0 Å². The summed E-state index contributed by atoms with van der Waals surface area (Å²) in [6.45, 7) is 5.67. The molecule has 2 aliphatic rings. The predicted octanol–water partition coefficient (Wildman–Crippen LogP) is 4.64. The van der Waals surface area contributed by atoms with E-state index in [9.17, 15) is 4.79 Å². The van der Waals surface area contributed by atoms with Crippen molar-refractivity contribution < 1.29 is 4.79 Å². The molecule has 0 bridgehead atoms. The van der Waals surface area contributed by atoms with E-state index in [2.05, 4.69) is 64.6 Å².